The van der Waals surface area contributed by atoms with Gasteiger partial charge in [-0.2, -0.15) is 0 Å². The minimum atomic E-state index is 0.0692. The van der Waals surface area contributed by atoms with E-state index in [0.717, 1.165) is 12.8 Å². The van der Waals surface area contributed by atoms with Gasteiger partial charge in [-0.1, -0.05) is 113 Å². The Morgan fingerprint density at radius 1 is 0.583 bits per heavy atom. The molecule has 0 bridgehead atoms. The third-order valence-corrected chi connectivity index (χ3v) is 12.3. The summed E-state index contributed by atoms with van der Waals surface area (Å²) in [5.74, 6) is 0.884. The lowest BCUT2D eigenvalue weighted by molar-refractivity contribution is 0.307. The predicted molar refractivity (Wildman–Crippen MR) is 208 cm³/mol. The molecule has 48 heavy (non-hydrogen) atoms. The van der Waals surface area contributed by atoms with E-state index in [1.807, 2.05) is 0 Å². The van der Waals surface area contributed by atoms with E-state index in [9.17, 15) is 0 Å². The molecule has 2 heteroatoms. The molecule has 3 aliphatic rings. The lowest BCUT2D eigenvalue weighted by Crippen LogP contribution is -2.26. The topological polar surface area (TPSA) is 9.34 Å². The molecule has 9 rings (SSSR count). The highest BCUT2D eigenvalue weighted by Crippen LogP contribution is 2.54. The molecule has 2 unspecified atom stereocenters. The van der Waals surface area contributed by atoms with Gasteiger partial charge in [0.05, 0.1) is 27.6 Å². The lowest BCUT2D eigenvalue weighted by Gasteiger charge is -2.30. The summed E-state index contributed by atoms with van der Waals surface area (Å²) < 4.78 is 5.28. The molecule has 2 atom stereocenters. The van der Waals surface area contributed by atoms with Crippen LogP contribution in [0, 0.1) is 16.7 Å². The van der Waals surface area contributed by atoms with Crippen molar-refractivity contribution in [3.8, 4) is 0 Å². The summed E-state index contributed by atoms with van der Waals surface area (Å²) in [4.78, 5) is 0. The molecule has 246 valence electrons. The Morgan fingerprint density at radius 3 is 1.94 bits per heavy atom. The Balaban J connectivity index is 1.44. The number of benzene rings is 3. The van der Waals surface area contributed by atoms with Crippen LogP contribution in [0.5, 0.6) is 0 Å². The maximum Gasteiger partial charge on any atom is 0.0577 e. The van der Waals surface area contributed by atoms with Gasteiger partial charge in [0.25, 0.3) is 0 Å². The van der Waals surface area contributed by atoms with Crippen molar-refractivity contribution in [2.24, 2.45) is 16.7 Å². The van der Waals surface area contributed by atoms with Gasteiger partial charge in [0, 0.05) is 38.4 Å². The van der Waals surface area contributed by atoms with Gasteiger partial charge in [-0.3, -0.25) is 0 Å². The largest absolute Gasteiger partial charge is 0.312 e. The van der Waals surface area contributed by atoms with Gasteiger partial charge in [-0.15, -0.1) is 0 Å². The fourth-order valence-electron chi connectivity index (χ4n) is 9.22. The van der Waals surface area contributed by atoms with Crippen LogP contribution in [-0.4, -0.2) is 8.97 Å². The number of hydrogen-bond acceptors (Lipinski definition) is 0. The maximum absolute atomic E-state index is 2.65. The molecule has 6 aromatic rings. The first-order valence-electron chi connectivity index (χ1n) is 18.3. The van der Waals surface area contributed by atoms with Crippen molar-refractivity contribution in [3.05, 3.63) is 87.7 Å². The molecule has 0 saturated heterocycles. The number of hydrogen-bond donors (Lipinski definition) is 0. The van der Waals surface area contributed by atoms with Crippen LogP contribution in [0.1, 0.15) is 118 Å². The van der Waals surface area contributed by atoms with E-state index in [1.165, 1.54) is 76.7 Å². The van der Waals surface area contributed by atoms with E-state index >= 15 is 0 Å². The second-order valence-corrected chi connectivity index (χ2v) is 19.6. The highest BCUT2D eigenvalue weighted by molar-refractivity contribution is 6.18. The van der Waals surface area contributed by atoms with Gasteiger partial charge in [0.15, 0.2) is 0 Å². The molecule has 0 saturated carbocycles. The zero-order valence-corrected chi connectivity index (χ0v) is 31.2. The summed E-state index contributed by atoms with van der Waals surface area (Å²) in [6.45, 7) is 28.5. The van der Waals surface area contributed by atoms with Crippen LogP contribution < -0.4 is 5.22 Å². The standard InChI is InChI=1S/C46H52N2/c1-43(2,3)25-13-15-37-29(17-25)33-19-27(45(7,8)9)21-35-31-24-40-32(23-39(31)47(37)41(33)35)36-22-28(46(10,11)12)20-34-30-18-26(44(4,5)6)14-16-38(30)48(40)42(34)36/h13-17,20-24,27,30H,18-19H2,1-12H3. The summed E-state index contributed by atoms with van der Waals surface area (Å²) in [7, 11) is 0. The molecule has 0 spiro atoms. The van der Waals surface area contributed by atoms with Crippen LogP contribution in [0.15, 0.2) is 60.2 Å². The SMILES string of the molecule is CC(C)(C)C1=CC=C2C(C1)c1cc(C(C)(C)C)cc3c4cc5c(cc4n2c13)c1c2c(c3cc(C(C)(C)C)ccc3n25)CC(C(C)(C)C)C=1. The van der Waals surface area contributed by atoms with Crippen molar-refractivity contribution in [3.63, 3.8) is 0 Å². The highest BCUT2D eigenvalue weighted by Gasteiger charge is 2.38. The van der Waals surface area contributed by atoms with Gasteiger partial charge in [-0.05, 0) is 99.1 Å². The number of rotatable bonds is 0. The zero-order chi connectivity index (χ0) is 34.0. The van der Waals surface area contributed by atoms with Gasteiger partial charge >= 0.3 is 0 Å². The van der Waals surface area contributed by atoms with E-state index in [2.05, 4.69) is 153 Å². The quantitative estimate of drug-likeness (QED) is 0.158. The molecule has 0 amide bonds. The third-order valence-electron chi connectivity index (χ3n) is 12.3. The van der Waals surface area contributed by atoms with E-state index < -0.39 is 0 Å². The lowest BCUT2D eigenvalue weighted by atomic mass is 9.74. The molecule has 2 nitrogen and oxygen atoms in total. The number of aromatic nitrogens is 2. The number of allylic oxidation sites excluding steroid dienone is 4. The van der Waals surface area contributed by atoms with Crippen LogP contribution in [0.3, 0.4) is 0 Å². The molecule has 1 aliphatic heterocycles. The summed E-state index contributed by atoms with van der Waals surface area (Å²) in [5, 5.41) is 7.08. The molecule has 3 aromatic heterocycles. The predicted octanol–water partition coefficient (Wildman–Crippen LogP) is 12.0. The van der Waals surface area contributed by atoms with E-state index in [0.29, 0.717) is 11.8 Å². The maximum atomic E-state index is 2.65. The Hall–Kier alpha value is -3.78. The summed E-state index contributed by atoms with van der Waals surface area (Å²) >= 11 is 0. The first-order chi connectivity index (χ1) is 22.3. The van der Waals surface area contributed by atoms with Crippen molar-refractivity contribution >= 4 is 60.9 Å². The summed E-state index contributed by atoms with van der Waals surface area (Å²) in [6, 6.07) is 17.5. The molecule has 2 aliphatic carbocycles. The van der Waals surface area contributed by atoms with Crippen molar-refractivity contribution in [1.29, 1.82) is 0 Å². The Labute approximate surface area is 286 Å². The van der Waals surface area contributed by atoms with Crippen LogP contribution in [0.2, 0.25) is 0 Å². The molecule has 0 radical (unpaired) electrons. The smallest absolute Gasteiger partial charge is 0.0577 e. The van der Waals surface area contributed by atoms with Gasteiger partial charge in [0.1, 0.15) is 0 Å². The van der Waals surface area contributed by atoms with E-state index in [4.69, 9.17) is 0 Å². The van der Waals surface area contributed by atoms with E-state index in [-0.39, 0.29) is 21.7 Å². The van der Waals surface area contributed by atoms with Gasteiger partial charge < -0.3 is 8.97 Å². The fraction of sp³-hybridized carbons (Fsp3) is 0.435. The average molecular weight is 633 g/mol. The second-order valence-electron chi connectivity index (χ2n) is 19.6. The zero-order valence-electron chi connectivity index (χ0n) is 31.2. The van der Waals surface area contributed by atoms with Crippen molar-refractivity contribution in [2.75, 3.05) is 0 Å². The molecular weight excluding hydrogens is 581 g/mol. The van der Waals surface area contributed by atoms with E-state index in [1.54, 1.807) is 11.1 Å². The first kappa shape index (κ1) is 30.3. The van der Waals surface area contributed by atoms with Crippen LogP contribution in [0.4, 0.5) is 0 Å². The van der Waals surface area contributed by atoms with Crippen molar-refractivity contribution < 1.29 is 0 Å². The molecule has 4 heterocycles. The molecule has 0 fully saturated rings. The molecular formula is C46H52N2. The highest BCUT2D eigenvalue weighted by atomic mass is 15.0. The normalized spacial score (nSPS) is 19.9. The van der Waals surface area contributed by atoms with Gasteiger partial charge in [0.2, 0.25) is 0 Å². The minimum Gasteiger partial charge on any atom is -0.312 e. The van der Waals surface area contributed by atoms with Gasteiger partial charge in [-0.25, -0.2) is 0 Å². The summed E-state index contributed by atoms with van der Waals surface area (Å²) in [5.41, 5.74) is 16.4. The minimum absolute atomic E-state index is 0.0692. The summed E-state index contributed by atoms with van der Waals surface area (Å²) in [6.07, 6.45) is 9.71. The molecule has 0 N–H and O–H groups in total. The van der Waals surface area contributed by atoms with Crippen LogP contribution in [-0.2, 0) is 17.3 Å². The Morgan fingerprint density at radius 2 is 1.27 bits per heavy atom. The van der Waals surface area contributed by atoms with Crippen LogP contribution in [0.25, 0.3) is 60.9 Å². The Bertz CT molecular complexity index is 2530. The average Bonchev–Trinajstić information content (AvgIpc) is 3.70. The third kappa shape index (κ3) is 3.98. The number of fused-ring (bicyclic) bond motifs is 12. The van der Waals surface area contributed by atoms with Crippen molar-refractivity contribution in [2.45, 2.75) is 113 Å². The fourth-order valence-corrected chi connectivity index (χ4v) is 9.22. The van der Waals surface area contributed by atoms with Crippen LogP contribution >= 0.6 is 0 Å². The Kier molecular flexibility index (Phi) is 5.72. The second kappa shape index (κ2) is 9.06. The first-order valence-corrected chi connectivity index (χ1v) is 18.3. The monoisotopic (exact) mass is 632 g/mol. The number of nitrogens with zero attached hydrogens (tertiary/aromatic N) is 2. The van der Waals surface area contributed by atoms with Crippen molar-refractivity contribution in [1.82, 2.24) is 8.97 Å². The molecule has 3 aromatic carbocycles.